The average Bonchev–Trinajstić information content (AvgIpc) is 2.50. The molecule has 21 heavy (non-hydrogen) atoms. The minimum atomic E-state index is -0.675. The summed E-state index contributed by atoms with van der Waals surface area (Å²) in [6.07, 6.45) is 0.387. The zero-order valence-electron chi connectivity index (χ0n) is 11.6. The Hall–Kier alpha value is -2.53. The number of hydrogen-bond donors (Lipinski definition) is 2. The van der Waals surface area contributed by atoms with Gasteiger partial charge in [-0.15, -0.1) is 0 Å². The average molecular weight is 286 g/mol. The van der Waals surface area contributed by atoms with Crippen molar-refractivity contribution in [3.05, 3.63) is 54.6 Å². The van der Waals surface area contributed by atoms with Crippen LogP contribution in [0.1, 0.15) is 6.42 Å². The number of carbonyl (C=O) groups excluding carboxylic acids is 1. The second-order valence-corrected chi connectivity index (χ2v) is 4.53. The van der Waals surface area contributed by atoms with Gasteiger partial charge < -0.3 is 20.9 Å². The maximum Gasteiger partial charge on any atom is 0.234 e. The van der Waals surface area contributed by atoms with E-state index in [1.54, 1.807) is 12.1 Å². The molecule has 0 fully saturated rings. The summed E-state index contributed by atoms with van der Waals surface area (Å²) >= 11 is 0. The van der Waals surface area contributed by atoms with Crippen LogP contribution < -0.4 is 20.9 Å². The van der Waals surface area contributed by atoms with E-state index in [0.717, 1.165) is 11.5 Å². The zero-order chi connectivity index (χ0) is 15.1. The molecule has 0 spiro atoms. The summed E-state index contributed by atoms with van der Waals surface area (Å²) in [6, 6.07) is 16.1. The van der Waals surface area contributed by atoms with E-state index in [0.29, 0.717) is 18.8 Å². The lowest BCUT2D eigenvalue weighted by molar-refractivity contribution is -0.119. The number of ether oxygens (including phenoxy) is 2. The first-order chi connectivity index (χ1) is 10.1. The van der Waals surface area contributed by atoms with Crippen LogP contribution in [0.3, 0.4) is 0 Å². The fraction of sp³-hybridized carbons (Fsp3) is 0.188. The summed E-state index contributed by atoms with van der Waals surface area (Å²) in [7, 11) is 0. The number of benzene rings is 2. The van der Waals surface area contributed by atoms with Gasteiger partial charge in [-0.25, -0.2) is 0 Å². The van der Waals surface area contributed by atoms with Crippen LogP contribution in [0.25, 0.3) is 0 Å². The third-order valence-electron chi connectivity index (χ3n) is 2.87. The highest BCUT2D eigenvalue weighted by Gasteiger charge is 2.08. The highest BCUT2D eigenvalue weighted by molar-refractivity contribution is 5.79. The van der Waals surface area contributed by atoms with E-state index >= 15 is 0 Å². The lowest BCUT2D eigenvalue weighted by Gasteiger charge is -2.10. The van der Waals surface area contributed by atoms with Gasteiger partial charge in [-0.2, -0.15) is 0 Å². The van der Waals surface area contributed by atoms with Crippen molar-refractivity contribution in [2.45, 2.75) is 12.5 Å². The van der Waals surface area contributed by atoms with Gasteiger partial charge in [0.2, 0.25) is 5.91 Å². The van der Waals surface area contributed by atoms with Gasteiger partial charge in [0.1, 0.15) is 17.2 Å². The van der Waals surface area contributed by atoms with Crippen molar-refractivity contribution in [2.24, 2.45) is 11.5 Å². The monoisotopic (exact) mass is 286 g/mol. The molecule has 2 rings (SSSR count). The zero-order valence-corrected chi connectivity index (χ0v) is 11.6. The molecule has 0 saturated heterocycles. The molecule has 5 nitrogen and oxygen atoms in total. The minimum Gasteiger partial charge on any atom is -0.494 e. The highest BCUT2D eigenvalue weighted by atomic mass is 16.5. The minimum absolute atomic E-state index is 0.336. The number of carbonyl (C=O) groups is 1. The normalized spacial score (nSPS) is 11.7. The van der Waals surface area contributed by atoms with Crippen molar-refractivity contribution in [3.8, 4) is 17.2 Å². The van der Waals surface area contributed by atoms with E-state index in [9.17, 15) is 4.79 Å². The largest absolute Gasteiger partial charge is 0.494 e. The Bertz CT molecular complexity index is 570. The highest BCUT2D eigenvalue weighted by Crippen LogP contribution is 2.23. The summed E-state index contributed by atoms with van der Waals surface area (Å²) in [5, 5.41) is 0. The van der Waals surface area contributed by atoms with E-state index in [4.69, 9.17) is 20.9 Å². The van der Waals surface area contributed by atoms with E-state index in [1.807, 2.05) is 42.5 Å². The SMILES string of the molecule is NC(=O)C(N)CCOc1ccc(Oc2ccccc2)cc1. The van der Waals surface area contributed by atoms with Crippen molar-refractivity contribution in [1.82, 2.24) is 0 Å². The molecule has 0 aliphatic heterocycles. The standard InChI is InChI=1S/C16H18N2O3/c17-15(16(18)19)10-11-20-12-6-8-14(9-7-12)21-13-4-2-1-3-5-13/h1-9,15H,10-11,17H2,(H2,18,19). The van der Waals surface area contributed by atoms with Crippen molar-refractivity contribution in [3.63, 3.8) is 0 Å². The molecule has 2 aromatic rings. The maximum absolute atomic E-state index is 10.8. The summed E-state index contributed by atoms with van der Waals surface area (Å²) in [5.41, 5.74) is 10.6. The Balaban J connectivity index is 1.83. The van der Waals surface area contributed by atoms with Crippen molar-refractivity contribution < 1.29 is 14.3 Å². The number of amides is 1. The fourth-order valence-corrected chi connectivity index (χ4v) is 1.67. The third-order valence-corrected chi connectivity index (χ3v) is 2.87. The molecule has 0 heterocycles. The molecule has 0 bridgehead atoms. The van der Waals surface area contributed by atoms with Gasteiger partial charge >= 0.3 is 0 Å². The first-order valence-electron chi connectivity index (χ1n) is 6.66. The topological polar surface area (TPSA) is 87.6 Å². The predicted molar refractivity (Wildman–Crippen MR) is 80.2 cm³/mol. The predicted octanol–water partition coefficient (Wildman–Crippen LogP) is 2.06. The van der Waals surface area contributed by atoms with Crippen LogP contribution in [0, 0.1) is 0 Å². The van der Waals surface area contributed by atoms with Crippen molar-refractivity contribution in [2.75, 3.05) is 6.61 Å². The summed E-state index contributed by atoms with van der Waals surface area (Å²) in [5.74, 6) is 1.67. The molecule has 5 heteroatoms. The number of para-hydroxylation sites is 1. The second-order valence-electron chi connectivity index (χ2n) is 4.53. The maximum atomic E-state index is 10.8. The molecule has 1 amide bonds. The van der Waals surface area contributed by atoms with Crippen LogP contribution >= 0.6 is 0 Å². The van der Waals surface area contributed by atoms with E-state index in [1.165, 1.54) is 0 Å². The van der Waals surface area contributed by atoms with E-state index in [2.05, 4.69) is 0 Å². The summed E-state index contributed by atoms with van der Waals surface area (Å²) < 4.78 is 11.2. The quantitative estimate of drug-likeness (QED) is 0.815. The Morgan fingerprint density at radius 3 is 2.14 bits per heavy atom. The molecule has 0 aliphatic rings. The van der Waals surface area contributed by atoms with Gasteiger partial charge in [-0.3, -0.25) is 4.79 Å². The second kappa shape index (κ2) is 7.31. The van der Waals surface area contributed by atoms with Crippen LogP contribution in [-0.2, 0) is 4.79 Å². The Labute approximate surface area is 123 Å². The number of primary amides is 1. The van der Waals surface area contributed by atoms with Crippen LogP contribution in [0.15, 0.2) is 54.6 Å². The first kappa shape index (κ1) is 14.9. The molecule has 0 aliphatic carbocycles. The van der Waals surface area contributed by atoms with Crippen LogP contribution in [-0.4, -0.2) is 18.6 Å². The fourth-order valence-electron chi connectivity index (χ4n) is 1.67. The Kier molecular flexibility index (Phi) is 5.17. The molecule has 110 valence electrons. The van der Waals surface area contributed by atoms with Crippen LogP contribution in [0.2, 0.25) is 0 Å². The van der Waals surface area contributed by atoms with Gasteiger partial charge in [0.15, 0.2) is 0 Å². The van der Waals surface area contributed by atoms with Crippen LogP contribution in [0.4, 0.5) is 0 Å². The Morgan fingerprint density at radius 1 is 0.952 bits per heavy atom. The Morgan fingerprint density at radius 2 is 1.52 bits per heavy atom. The molecular weight excluding hydrogens is 268 g/mol. The van der Waals surface area contributed by atoms with Gasteiger partial charge in [0.05, 0.1) is 12.6 Å². The third kappa shape index (κ3) is 4.81. The lowest BCUT2D eigenvalue weighted by Crippen LogP contribution is -2.37. The van der Waals surface area contributed by atoms with Crippen molar-refractivity contribution in [1.29, 1.82) is 0 Å². The smallest absolute Gasteiger partial charge is 0.234 e. The van der Waals surface area contributed by atoms with Crippen molar-refractivity contribution >= 4 is 5.91 Å². The van der Waals surface area contributed by atoms with E-state index < -0.39 is 11.9 Å². The molecule has 1 unspecified atom stereocenters. The number of hydrogen-bond acceptors (Lipinski definition) is 4. The molecule has 0 saturated carbocycles. The summed E-state index contributed by atoms with van der Waals surface area (Å²) in [4.78, 5) is 10.8. The van der Waals surface area contributed by atoms with Gasteiger partial charge in [-0.05, 0) is 36.4 Å². The molecule has 0 aromatic heterocycles. The van der Waals surface area contributed by atoms with Gasteiger partial charge in [0, 0.05) is 6.42 Å². The van der Waals surface area contributed by atoms with Crippen LogP contribution in [0.5, 0.6) is 17.2 Å². The van der Waals surface area contributed by atoms with E-state index in [-0.39, 0.29) is 0 Å². The first-order valence-corrected chi connectivity index (χ1v) is 6.66. The molecule has 2 aromatic carbocycles. The number of rotatable bonds is 7. The molecule has 0 radical (unpaired) electrons. The summed E-state index contributed by atoms with van der Waals surface area (Å²) in [6.45, 7) is 0.336. The molecule has 1 atom stereocenters. The van der Waals surface area contributed by atoms with Gasteiger partial charge in [-0.1, -0.05) is 18.2 Å². The van der Waals surface area contributed by atoms with Gasteiger partial charge in [0.25, 0.3) is 0 Å². The number of nitrogens with two attached hydrogens (primary N) is 2. The molecule has 4 N–H and O–H groups in total. The molecular formula is C16H18N2O3. The lowest BCUT2D eigenvalue weighted by atomic mass is 10.2.